The molecule has 0 aliphatic heterocycles. The number of esters is 2. The third-order valence-electron chi connectivity index (χ3n) is 6.75. The molecule has 0 fully saturated rings. The maximum Gasteiger partial charge on any atom is 0.333 e. The number of hydrogen-bond acceptors (Lipinski definition) is 10. The lowest BCUT2D eigenvalue weighted by Gasteiger charge is -2.28. The molecule has 0 spiro atoms. The molecule has 0 saturated carbocycles. The van der Waals surface area contributed by atoms with Crippen LogP contribution in [0, 0.1) is 0 Å². The van der Waals surface area contributed by atoms with Crippen LogP contribution in [0.5, 0.6) is 11.5 Å². The zero-order valence-corrected chi connectivity index (χ0v) is 34.6. The highest BCUT2D eigenvalue weighted by atomic mass is 79.9. The van der Waals surface area contributed by atoms with E-state index in [4.69, 9.17) is 37.9 Å². The van der Waals surface area contributed by atoms with Crippen molar-refractivity contribution in [2.75, 3.05) is 79.3 Å². The molecule has 272 valence electrons. The van der Waals surface area contributed by atoms with E-state index in [1.165, 1.54) is 0 Å². The van der Waals surface area contributed by atoms with Crippen LogP contribution in [0.25, 0.3) is 0 Å². The Bertz CT molecular complexity index is 1260. The second-order valence-corrected chi connectivity index (χ2v) is 14.6. The molecule has 0 bridgehead atoms. The van der Waals surface area contributed by atoms with Gasteiger partial charge in [-0.15, -0.1) is 0 Å². The first-order valence-electron chi connectivity index (χ1n) is 15.5. The molecular formula is C35H44Br4O10. The van der Waals surface area contributed by atoms with Gasteiger partial charge < -0.3 is 37.9 Å². The van der Waals surface area contributed by atoms with Crippen molar-refractivity contribution in [3.05, 3.63) is 77.6 Å². The topological polar surface area (TPSA) is 108 Å². The summed E-state index contributed by atoms with van der Waals surface area (Å²) in [4.78, 5) is 22.7. The molecule has 0 aliphatic rings. The van der Waals surface area contributed by atoms with Crippen LogP contribution in [0.2, 0.25) is 0 Å². The van der Waals surface area contributed by atoms with Gasteiger partial charge in [0.2, 0.25) is 0 Å². The second kappa shape index (κ2) is 22.9. The van der Waals surface area contributed by atoms with E-state index >= 15 is 0 Å². The molecule has 2 aromatic rings. The zero-order valence-electron chi connectivity index (χ0n) is 28.3. The highest BCUT2D eigenvalue weighted by Gasteiger charge is 2.27. The van der Waals surface area contributed by atoms with Gasteiger partial charge in [-0.25, -0.2) is 9.59 Å². The summed E-state index contributed by atoms with van der Waals surface area (Å²) in [5.41, 5.74) is 2.48. The van der Waals surface area contributed by atoms with Crippen molar-refractivity contribution in [2.24, 2.45) is 0 Å². The van der Waals surface area contributed by atoms with Crippen molar-refractivity contribution in [3.8, 4) is 11.5 Å². The Morgan fingerprint density at radius 3 is 1.08 bits per heavy atom. The Balaban J connectivity index is 1.79. The largest absolute Gasteiger partial charge is 0.489 e. The van der Waals surface area contributed by atoms with Crippen LogP contribution >= 0.6 is 63.7 Å². The molecule has 14 heteroatoms. The van der Waals surface area contributed by atoms with E-state index in [-0.39, 0.29) is 18.6 Å². The average molecular weight is 944 g/mol. The van der Waals surface area contributed by atoms with Crippen LogP contribution in [-0.4, -0.2) is 91.2 Å². The van der Waals surface area contributed by atoms with Crippen LogP contribution in [0.15, 0.2) is 66.5 Å². The molecule has 0 aliphatic carbocycles. The normalized spacial score (nSPS) is 11.3. The first kappa shape index (κ1) is 43.4. The van der Waals surface area contributed by atoms with Crippen LogP contribution in [-0.2, 0) is 43.4 Å². The minimum Gasteiger partial charge on any atom is -0.489 e. The third-order valence-corrected chi connectivity index (χ3v) is 9.11. The monoisotopic (exact) mass is 940 g/mol. The van der Waals surface area contributed by atoms with Gasteiger partial charge in [-0.3, -0.25) is 0 Å². The van der Waals surface area contributed by atoms with Crippen molar-refractivity contribution in [1.82, 2.24) is 0 Å². The molecular weight excluding hydrogens is 900 g/mol. The van der Waals surface area contributed by atoms with E-state index in [0.29, 0.717) is 88.7 Å². The fraction of sp³-hybridized carbons (Fsp3) is 0.486. The maximum atomic E-state index is 11.3. The standard InChI is InChI=1S/C35H44Br4O10/c1-23(2)33(40)48-17-13-44-9-7-42-11-15-46-31-27(36)19-25(20-28(31)37)35(5,6)26-21-29(38)32(30(39)22-26)47-16-12-43-8-10-45-14-18-49-34(41)24(3)4/h19-22H,1,3,7-18H2,2,4-6H3. The summed E-state index contributed by atoms with van der Waals surface area (Å²) in [6.07, 6.45) is 0. The molecule has 0 saturated heterocycles. The van der Waals surface area contributed by atoms with Crippen molar-refractivity contribution < 1.29 is 47.5 Å². The van der Waals surface area contributed by atoms with E-state index < -0.39 is 11.9 Å². The van der Waals surface area contributed by atoms with Gasteiger partial charge >= 0.3 is 11.9 Å². The van der Waals surface area contributed by atoms with E-state index in [0.717, 1.165) is 29.0 Å². The van der Waals surface area contributed by atoms with Gasteiger partial charge in [0.1, 0.15) is 37.9 Å². The highest BCUT2D eigenvalue weighted by Crippen LogP contribution is 2.44. The Morgan fingerprint density at radius 1 is 0.531 bits per heavy atom. The predicted octanol–water partition coefficient (Wildman–Crippen LogP) is 8.13. The molecule has 49 heavy (non-hydrogen) atoms. The van der Waals surface area contributed by atoms with Crippen molar-refractivity contribution in [1.29, 1.82) is 0 Å². The summed E-state index contributed by atoms with van der Waals surface area (Å²) in [6, 6.07) is 8.21. The fourth-order valence-electron chi connectivity index (χ4n) is 3.97. The number of ether oxygens (including phenoxy) is 8. The average Bonchev–Trinajstić information content (AvgIpc) is 3.04. The predicted molar refractivity (Wildman–Crippen MR) is 202 cm³/mol. The Hall–Kier alpha value is -1.78. The minimum atomic E-state index is -0.426. The highest BCUT2D eigenvalue weighted by molar-refractivity contribution is 9.11. The number of rotatable bonds is 24. The lowest BCUT2D eigenvalue weighted by Crippen LogP contribution is -2.20. The minimum absolute atomic E-state index is 0.174. The summed E-state index contributed by atoms with van der Waals surface area (Å²) in [5.74, 6) is 0.514. The third kappa shape index (κ3) is 15.6. The van der Waals surface area contributed by atoms with E-state index in [1.807, 2.05) is 0 Å². The van der Waals surface area contributed by atoms with Crippen molar-refractivity contribution >= 4 is 75.7 Å². The summed E-state index contributed by atoms with van der Waals surface area (Å²) in [5, 5.41) is 0. The zero-order chi connectivity index (χ0) is 36.4. The molecule has 2 aromatic carbocycles. The van der Waals surface area contributed by atoms with Crippen molar-refractivity contribution in [2.45, 2.75) is 33.1 Å². The Morgan fingerprint density at radius 2 is 0.796 bits per heavy atom. The van der Waals surface area contributed by atoms with Crippen molar-refractivity contribution in [3.63, 3.8) is 0 Å². The summed E-state index contributed by atoms with van der Waals surface area (Å²) >= 11 is 14.7. The van der Waals surface area contributed by atoms with E-state index in [2.05, 4.69) is 115 Å². The summed E-state index contributed by atoms with van der Waals surface area (Å²) < 4.78 is 47.2. The molecule has 0 amide bonds. The molecule has 2 rings (SSSR count). The summed E-state index contributed by atoms with van der Waals surface area (Å²) in [7, 11) is 0. The van der Waals surface area contributed by atoms with Gasteiger partial charge in [0.05, 0.1) is 70.7 Å². The number of halogens is 4. The molecule has 0 N–H and O–H groups in total. The Kier molecular flexibility index (Phi) is 20.3. The fourth-order valence-corrected chi connectivity index (χ4v) is 6.80. The number of hydrogen-bond donors (Lipinski definition) is 0. The molecule has 10 nitrogen and oxygen atoms in total. The van der Waals surface area contributed by atoms with Crippen LogP contribution < -0.4 is 9.47 Å². The SMILES string of the molecule is C=C(C)C(=O)OCCOCCOCCOc1c(Br)cc(C(C)(C)c2cc(Br)c(OCCOCCOCCOC(=O)C(=C)C)c(Br)c2)cc1Br. The molecule has 0 unspecified atom stereocenters. The van der Waals surface area contributed by atoms with Crippen LogP contribution in [0.1, 0.15) is 38.8 Å². The van der Waals surface area contributed by atoms with E-state index in [1.54, 1.807) is 13.8 Å². The molecule has 0 heterocycles. The smallest absolute Gasteiger partial charge is 0.333 e. The molecule has 0 atom stereocenters. The maximum absolute atomic E-state index is 11.3. The number of benzene rings is 2. The van der Waals surface area contributed by atoms with Crippen LogP contribution in [0.3, 0.4) is 0 Å². The van der Waals surface area contributed by atoms with Gasteiger partial charge in [-0.2, -0.15) is 0 Å². The lowest BCUT2D eigenvalue weighted by molar-refractivity contribution is -0.141. The van der Waals surface area contributed by atoms with E-state index in [9.17, 15) is 9.59 Å². The first-order chi connectivity index (χ1) is 23.2. The molecule has 0 aromatic heterocycles. The summed E-state index contributed by atoms with van der Waals surface area (Å²) in [6.45, 7) is 18.5. The molecule has 0 radical (unpaired) electrons. The first-order valence-corrected chi connectivity index (χ1v) is 18.6. The number of carbonyl (C=O) groups excluding carboxylic acids is 2. The Labute approximate surface area is 322 Å². The quantitative estimate of drug-likeness (QED) is 0.0582. The van der Waals surface area contributed by atoms with Gasteiger partial charge in [0, 0.05) is 16.6 Å². The van der Waals surface area contributed by atoms with Gasteiger partial charge in [-0.05, 0) is 113 Å². The van der Waals surface area contributed by atoms with Gasteiger partial charge in [-0.1, -0.05) is 27.0 Å². The van der Waals surface area contributed by atoms with Crippen LogP contribution in [0.4, 0.5) is 0 Å². The van der Waals surface area contributed by atoms with Gasteiger partial charge in [0.15, 0.2) is 0 Å². The van der Waals surface area contributed by atoms with Gasteiger partial charge in [0.25, 0.3) is 0 Å². The second-order valence-electron chi connectivity index (χ2n) is 11.1. The lowest BCUT2D eigenvalue weighted by atomic mass is 9.78. The number of carbonyl (C=O) groups is 2.